The molecule has 1 aromatic heterocycles. The van der Waals surface area contributed by atoms with Crippen LogP contribution in [0.5, 0.6) is 0 Å². The van der Waals surface area contributed by atoms with Crippen molar-refractivity contribution in [2.75, 3.05) is 0 Å². The number of nitrogens with two attached hydrogens (primary N) is 1. The number of halogens is 2. The molecule has 0 saturated heterocycles. The lowest BCUT2D eigenvalue weighted by Gasteiger charge is -2.07. The molecule has 0 radical (unpaired) electrons. The Morgan fingerprint density at radius 1 is 1.14 bits per heavy atom. The van der Waals surface area contributed by atoms with Crippen molar-refractivity contribution in [1.82, 2.24) is 4.98 Å². The van der Waals surface area contributed by atoms with E-state index in [1.54, 1.807) is 26.0 Å². The average Bonchev–Trinajstić information content (AvgIpc) is 2.79. The van der Waals surface area contributed by atoms with Crippen LogP contribution in [0.25, 0.3) is 22.0 Å². The highest BCUT2D eigenvalue weighted by molar-refractivity contribution is 5.97. The second-order valence-electron chi connectivity index (χ2n) is 5.45. The molecule has 0 amide bonds. The quantitative estimate of drug-likeness (QED) is 0.632. The molecule has 1 heterocycles. The number of aromatic nitrogens is 1. The van der Waals surface area contributed by atoms with E-state index in [-0.39, 0.29) is 5.82 Å². The van der Waals surface area contributed by atoms with Gasteiger partial charge in [-0.15, -0.1) is 0 Å². The van der Waals surface area contributed by atoms with Gasteiger partial charge in [0.25, 0.3) is 0 Å². The lowest BCUT2D eigenvalue weighted by Crippen LogP contribution is -2.09. The van der Waals surface area contributed by atoms with Crippen LogP contribution in [0, 0.1) is 25.5 Å². The maximum absolute atomic E-state index is 14.0. The van der Waals surface area contributed by atoms with Gasteiger partial charge in [0, 0.05) is 10.9 Å². The van der Waals surface area contributed by atoms with Crippen molar-refractivity contribution in [2.45, 2.75) is 20.1 Å². The van der Waals surface area contributed by atoms with Gasteiger partial charge in [-0.05, 0) is 54.8 Å². The molecule has 0 bridgehead atoms. The molecule has 1 atom stereocenters. The maximum atomic E-state index is 14.0. The van der Waals surface area contributed by atoms with E-state index in [1.165, 1.54) is 18.2 Å². The minimum Gasteiger partial charge on any atom is -0.373 e. The SMILES string of the molecule is Cc1cc(-c2cc(F)cc3c(C)c(C(N)O)[nH]c23)ccc1F. The number of hydrogen-bond donors (Lipinski definition) is 3. The number of H-pyrrole nitrogens is 1. The Hall–Kier alpha value is -2.24. The number of aromatic amines is 1. The van der Waals surface area contributed by atoms with Crippen LogP contribution in [-0.2, 0) is 0 Å². The van der Waals surface area contributed by atoms with Crippen LogP contribution in [0.1, 0.15) is 23.0 Å². The molecule has 22 heavy (non-hydrogen) atoms. The smallest absolute Gasteiger partial charge is 0.143 e. The predicted molar refractivity (Wildman–Crippen MR) is 82.3 cm³/mol. The van der Waals surface area contributed by atoms with Gasteiger partial charge in [-0.3, -0.25) is 0 Å². The summed E-state index contributed by atoms with van der Waals surface area (Å²) in [6, 6.07) is 7.41. The molecular weight excluding hydrogens is 286 g/mol. The summed E-state index contributed by atoms with van der Waals surface area (Å²) in [6.45, 7) is 3.42. The first-order valence-corrected chi connectivity index (χ1v) is 6.90. The molecule has 0 aliphatic heterocycles. The van der Waals surface area contributed by atoms with Crippen molar-refractivity contribution in [1.29, 1.82) is 0 Å². The first-order valence-electron chi connectivity index (χ1n) is 6.90. The Bertz CT molecular complexity index is 869. The summed E-state index contributed by atoms with van der Waals surface area (Å²) in [5.41, 5.74) is 9.13. The maximum Gasteiger partial charge on any atom is 0.143 e. The molecule has 4 N–H and O–H groups in total. The third-order valence-electron chi connectivity index (χ3n) is 3.94. The number of benzene rings is 2. The van der Waals surface area contributed by atoms with E-state index < -0.39 is 12.0 Å². The second-order valence-corrected chi connectivity index (χ2v) is 5.45. The summed E-state index contributed by atoms with van der Waals surface area (Å²) in [5, 5.41) is 10.3. The van der Waals surface area contributed by atoms with Gasteiger partial charge < -0.3 is 15.8 Å². The van der Waals surface area contributed by atoms with Gasteiger partial charge in [0.1, 0.15) is 17.9 Å². The highest BCUT2D eigenvalue weighted by Crippen LogP contribution is 2.34. The molecule has 3 nitrogen and oxygen atoms in total. The zero-order valence-corrected chi connectivity index (χ0v) is 12.2. The zero-order chi connectivity index (χ0) is 16.0. The van der Waals surface area contributed by atoms with E-state index in [0.717, 1.165) is 0 Å². The number of aliphatic hydroxyl groups excluding tert-OH is 1. The summed E-state index contributed by atoms with van der Waals surface area (Å²) in [6.07, 6.45) is -1.17. The van der Waals surface area contributed by atoms with Crippen molar-refractivity contribution in [3.63, 3.8) is 0 Å². The van der Waals surface area contributed by atoms with Crippen molar-refractivity contribution in [3.05, 3.63) is 58.8 Å². The summed E-state index contributed by atoms with van der Waals surface area (Å²) < 4.78 is 27.4. The van der Waals surface area contributed by atoms with Crippen LogP contribution in [0.3, 0.4) is 0 Å². The van der Waals surface area contributed by atoms with Gasteiger partial charge in [-0.25, -0.2) is 8.78 Å². The monoisotopic (exact) mass is 302 g/mol. The Morgan fingerprint density at radius 3 is 2.50 bits per heavy atom. The van der Waals surface area contributed by atoms with Crippen LogP contribution in [0.4, 0.5) is 8.78 Å². The molecular formula is C17H16F2N2O. The first kappa shape index (κ1) is 14.7. The first-order chi connectivity index (χ1) is 10.4. The van der Waals surface area contributed by atoms with E-state index in [2.05, 4.69) is 4.98 Å². The van der Waals surface area contributed by atoms with Gasteiger partial charge in [0.15, 0.2) is 0 Å². The van der Waals surface area contributed by atoms with Gasteiger partial charge >= 0.3 is 0 Å². The Morgan fingerprint density at radius 2 is 1.86 bits per heavy atom. The fraction of sp³-hybridized carbons (Fsp3) is 0.176. The van der Waals surface area contributed by atoms with E-state index in [1.807, 2.05) is 0 Å². The Labute approximate surface area is 126 Å². The molecule has 0 aliphatic carbocycles. The Kier molecular flexibility index (Phi) is 3.47. The highest BCUT2D eigenvalue weighted by atomic mass is 19.1. The van der Waals surface area contributed by atoms with Gasteiger partial charge in [0.05, 0.1) is 11.2 Å². The van der Waals surface area contributed by atoms with Crippen LogP contribution < -0.4 is 5.73 Å². The minimum absolute atomic E-state index is 0.308. The van der Waals surface area contributed by atoms with Crippen LogP contribution in [0.15, 0.2) is 30.3 Å². The molecule has 3 rings (SSSR count). The molecule has 0 saturated carbocycles. The number of nitrogens with one attached hydrogen (secondary N) is 1. The predicted octanol–water partition coefficient (Wildman–Crippen LogP) is 3.68. The summed E-state index contributed by atoms with van der Waals surface area (Å²) in [7, 11) is 0. The van der Waals surface area contributed by atoms with E-state index in [4.69, 9.17) is 5.73 Å². The van der Waals surface area contributed by atoms with Crippen LogP contribution in [-0.4, -0.2) is 10.1 Å². The van der Waals surface area contributed by atoms with Crippen molar-refractivity contribution in [2.24, 2.45) is 5.73 Å². The fourth-order valence-electron chi connectivity index (χ4n) is 2.75. The number of aryl methyl sites for hydroxylation is 2. The van der Waals surface area contributed by atoms with Crippen molar-refractivity contribution in [3.8, 4) is 11.1 Å². The summed E-state index contributed by atoms with van der Waals surface area (Å²) >= 11 is 0. The average molecular weight is 302 g/mol. The fourth-order valence-corrected chi connectivity index (χ4v) is 2.75. The van der Waals surface area contributed by atoms with Crippen molar-refractivity contribution < 1.29 is 13.9 Å². The van der Waals surface area contributed by atoms with Gasteiger partial charge in [-0.1, -0.05) is 6.07 Å². The Balaban J connectivity index is 2.33. The molecule has 0 spiro atoms. The highest BCUT2D eigenvalue weighted by Gasteiger charge is 2.17. The second kappa shape index (κ2) is 5.19. The molecule has 3 aromatic rings. The third-order valence-corrected chi connectivity index (χ3v) is 3.94. The summed E-state index contributed by atoms with van der Waals surface area (Å²) in [4.78, 5) is 3.06. The lowest BCUT2D eigenvalue weighted by atomic mass is 10.00. The largest absolute Gasteiger partial charge is 0.373 e. The van der Waals surface area contributed by atoms with Gasteiger partial charge in [-0.2, -0.15) is 0 Å². The van der Waals surface area contributed by atoms with Crippen LogP contribution in [0.2, 0.25) is 0 Å². The van der Waals surface area contributed by atoms with E-state index >= 15 is 0 Å². The van der Waals surface area contributed by atoms with Crippen molar-refractivity contribution >= 4 is 10.9 Å². The topological polar surface area (TPSA) is 62.0 Å². The molecule has 0 fully saturated rings. The van der Waals surface area contributed by atoms with Crippen LogP contribution >= 0.6 is 0 Å². The lowest BCUT2D eigenvalue weighted by molar-refractivity contribution is 0.181. The third kappa shape index (κ3) is 2.28. The molecule has 1 unspecified atom stereocenters. The molecule has 5 heteroatoms. The number of hydrogen-bond acceptors (Lipinski definition) is 2. The van der Waals surface area contributed by atoms with E-state index in [9.17, 15) is 13.9 Å². The molecule has 0 aliphatic rings. The minimum atomic E-state index is -1.17. The normalized spacial score (nSPS) is 12.8. The number of fused-ring (bicyclic) bond motifs is 1. The molecule has 2 aromatic carbocycles. The molecule has 114 valence electrons. The zero-order valence-electron chi connectivity index (χ0n) is 12.2. The summed E-state index contributed by atoms with van der Waals surface area (Å²) in [5.74, 6) is -0.707. The van der Waals surface area contributed by atoms with Gasteiger partial charge in [0.2, 0.25) is 0 Å². The number of rotatable bonds is 2. The number of aliphatic hydroxyl groups is 1. The standard InChI is InChI=1S/C17H16F2N2O/c1-8-5-10(3-4-14(8)19)13-7-11(18)6-12-9(2)15(17(20)22)21-16(12)13/h3-7,17,21-22H,20H2,1-2H3. The van der Waals surface area contributed by atoms with E-state index in [0.29, 0.717) is 38.9 Å².